The van der Waals surface area contributed by atoms with Crippen LogP contribution in [0.4, 0.5) is 4.39 Å². The molecule has 5 nitrogen and oxygen atoms in total. The summed E-state index contributed by atoms with van der Waals surface area (Å²) in [6.07, 6.45) is 2.45. The van der Waals surface area contributed by atoms with E-state index in [0.717, 1.165) is 19.6 Å². The summed E-state index contributed by atoms with van der Waals surface area (Å²) < 4.78 is 13.5. The molecule has 2 saturated heterocycles. The van der Waals surface area contributed by atoms with Gasteiger partial charge in [-0.15, -0.1) is 11.8 Å². The summed E-state index contributed by atoms with van der Waals surface area (Å²) in [5.41, 5.74) is 0.715. The molecule has 2 aliphatic heterocycles. The summed E-state index contributed by atoms with van der Waals surface area (Å²) in [5.74, 6) is -0.101. The third-order valence-electron chi connectivity index (χ3n) is 4.73. The highest BCUT2D eigenvalue weighted by Crippen LogP contribution is 2.41. The smallest absolute Gasteiger partial charge is 0.243 e. The van der Waals surface area contributed by atoms with Gasteiger partial charge in [0.05, 0.1) is 0 Å². The number of carbonyl (C=O) groups is 2. The van der Waals surface area contributed by atoms with Crippen molar-refractivity contribution in [1.29, 1.82) is 0 Å². The number of rotatable bonds is 5. The molecule has 136 valence electrons. The SMILES string of the molecule is CC(=O)N1C(C(=O)NCCN2CCCC2)CSC1c1cccc(F)c1. The molecule has 0 bridgehead atoms. The van der Waals surface area contributed by atoms with Crippen molar-refractivity contribution in [1.82, 2.24) is 15.1 Å². The Labute approximate surface area is 151 Å². The summed E-state index contributed by atoms with van der Waals surface area (Å²) in [6, 6.07) is 5.73. The fraction of sp³-hybridized carbons (Fsp3) is 0.556. The van der Waals surface area contributed by atoms with Crippen molar-refractivity contribution in [3.63, 3.8) is 0 Å². The lowest BCUT2D eigenvalue weighted by molar-refractivity contribution is -0.138. The van der Waals surface area contributed by atoms with Crippen LogP contribution < -0.4 is 5.32 Å². The molecule has 0 radical (unpaired) electrons. The van der Waals surface area contributed by atoms with Gasteiger partial charge < -0.3 is 15.1 Å². The second kappa shape index (κ2) is 8.19. The van der Waals surface area contributed by atoms with Crippen LogP contribution in [0.3, 0.4) is 0 Å². The normalized spacial score (nSPS) is 23.8. The first-order valence-corrected chi connectivity index (χ1v) is 9.77. The molecule has 1 N–H and O–H groups in total. The Morgan fingerprint density at radius 3 is 2.76 bits per heavy atom. The van der Waals surface area contributed by atoms with E-state index in [1.54, 1.807) is 17.0 Å². The standard InChI is InChI=1S/C18H24FN3O2S/c1-13(23)22-16(17(24)20-7-10-21-8-2-3-9-21)12-25-18(22)14-5-4-6-15(19)11-14/h4-6,11,16,18H,2-3,7-10,12H2,1H3,(H,20,24). The van der Waals surface area contributed by atoms with E-state index in [0.29, 0.717) is 17.9 Å². The number of thioether (sulfide) groups is 1. The molecule has 0 spiro atoms. The lowest BCUT2D eigenvalue weighted by atomic mass is 10.1. The molecule has 25 heavy (non-hydrogen) atoms. The topological polar surface area (TPSA) is 52.7 Å². The highest BCUT2D eigenvalue weighted by molar-refractivity contribution is 7.99. The van der Waals surface area contributed by atoms with Gasteiger partial charge in [0.1, 0.15) is 17.2 Å². The third-order valence-corrected chi connectivity index (χ3v) is 6.05. The van der Waals surface area contributed by atoms with Gasteiger partial charge in [-0.1, -0.05) is 12.1 Å². The van der Waals surface area contributed by atoms with Gasteiger partial charge in [0.2, 0.25) is 11.8 Å². The second-order valence-electron chi connectivity index (χ2n) is 6.52. The van der Waals surface area contributed by atoms with Crippen LogP contribution in [0, 0.1) is 5.82 Å². The van der Waals surface area contributed by atoms with Crippen LogP contribution in [0.15, 0.2) is 24.3 Å². The van der Waals surface area contributed by atoms with Gasteiger partial charge in [-0.05, 0) is 43.6 Å². The predicted octanol–water partition coefficient (Wildman–Crippen LogP) is 2.00. The Hall–Kier alpha value is -1.60. The Balaban J connectivity index is 1.62. The van der Waals surface area contributed by atoms with Crippen molar-refractivity contribution < 1.29 is 14.0 Å². The van der Waals surface area contributed by atoms with Gasteiger partial charge in [-0.2, -0.15) is 0 Å². The van der Waals surface area contributed by atoms with Crippen LogP contribution in [0.2, 0.25) is 0 Å². The Morgan fingerprint density at radius 1 is 1.32 bits per heavy atom. The number of hydrogen-bond acceptors (Lipinski definition) is 4. The number of benzene rings is 1. The van der Waals surface area contributed by atoms with Crippen molar-refractivity contribution in [2.45, 2.75) is 31.2 Å². The first kappa shape index (κ1) is 18.2. The summed E-state index contributed by atoms with van der Waals surface area (Å²) in [7, 11) is 0. The molecule has 2 fully saturated rings. The fourth-order valence-corrected chi connectivity index (χ4v) is 4.94. The highest BCUT2D eigenvalue weighted by atomic mass is 32.2. The van der Waals surface area contributed by atoms with E-state index in [-0.39, 0.29) is 23.0 Å². The minimum atomic E-state index is -0.505. The fourth-order valence-electron chi connectivity index (χ4n) is 3.47. The average Bonchev–Trinajstić information content (AvgIpc) is 3.24. The molecule has 3 rings (SSSR count). The zero-order chi connectivity index (χ0) is 17.8. The van der Waals surface area contributed by atoms with Crippen molar-refractivity contribution in [3.05, 3.63) is 35.6 Å². The van der Waals surface area contributed by atoms with Crippen molar-refractivity contribution in [2.75, 3.05) is 31.9 Å². The number of hydrogen-bond donors (Lipinski definition) is 1. The molecular weight excluding hydrogens is 341 g/mol. The largest absolute Gasteiger partial charge is 0.353 e. The van der Waals surface area contributed by atoms with E-state index in [1.165, 1.54) is 43.7 Å². The van der Waals surface area contributed by atoms with Crippen LogP contribution >= 0.6 is 11.8 Å². The predicted molar refractivity (Wildman–Crippen MR) is 96.6 cm³/mol. The first-order valence-electron chi connectivity index (χ1n) is 8.72. The van der Waals surface area contributed by atoms with E-state index in [1.807, 2.05) is 0 Å². The number of carbonyl (C=O) groups excluding carboxylic acids is 2. The molecule has 2 unspecified atom stereocenters. The Morgan fingerprint density at radius 2 is 2.08 bits per heavy atom. The van der Waals surface area contributed by atoms with E-state index in [2.05, 4.69) is 10.2 Å². The maximum Gasteiger partial charge on any atom is 0.243 e. The van der Waals surface area contributed by atoms with Crippen molar-refractivity contribution >= 4 is 23.6 Å². The molecule has 1 aromatic rings. The van der Waals surface area contributed by atoms with Crippen LogP contribution in [0.5, 0.6) is 0 Å². The summed E-state index contributed by atoms with van der Waals surface area (Å²) >= 11 is 1.50. The second-order valence-corrected chi connectivity index (χ2v) is 7.64. The van der Waals surface area contributed by atoms with E-state index >= 15 is 0 Å². The molecule has 0 saturated carbocycles. The Kier molecular flexibility index (Phi) is 5.96. The average molecular weight is 365 g/mol. The molecule has 2 atom stereocenters. The van der Waals surface area contributed by atoms with E-state index in [9.17, 15) is 14.0 Å². The minimum absolute atomic E-state index is 0.124. The van der Waals surface area contributed by atoms with Crippen molar-refractivity contribution in [2.24, 2.45) is 0 Å². The zero-order valence-corrected chi connectivity index (χ0v) is 15.2. The monoisotopic (exact) mass is 365 g/mol. The maximum atomic E-state index is 13.5. The number of nitrogens with zero attached hydrogens (tertiary/aromatic N) is 2. The molecule has 1 aromatic carbocycles. The number of likely N-dealkylation sites (tertiary alicyclic amines) is 1. The van der Waals surface area contributed by atoms with Gasteiger partial charge in [0.25, 0.3) is 0 Å². The van der Waals surface area contributed by atoms with Crippen LogP contribution in [-0.2, 0) is 9.59 Å². The Bertz CT molecular complexity index is 637. The van der Waals surface area contributed by atoms with Crippen LogP contribution in [-0.4, -0.2) is 59.6 Å². The van der Waals surface area contributed by atoms with E-state index in [4.69, 9.17) is 0 Å². The minimum Gasteiger partial charge on any atom is -0.353 e. The number of amides is 2. The lowest BCUT2D eigenvalue weighted by Crippen LogP contribution is -2.48. The molecule has 7 heteroatoms. The molecular formula is C18H24FN3O2S. The first-order chi connectivity index (χ1) is 12.1. The molecule has 2 aliphatic rings. The van der Waals surface area contributed by atoms with E-state index < -0.39 is 6.04 Å². The van der Waals surface area contributed by atoms with Crippen molar-refractivity contribution in [3.8, 4) is 0 Å². The summed E-state index contributed by atoms with van der Waals surface area (Å²) in [5, 5.41) is 2.64. The van der Waals surface area contributed by atoms with Gasteiger partial charge in [0, 0.05) is 25.8 Å². The highest BCUT2D eigenvalue weighted by Gasteiger charge is 2.40. The van der Waals surface area contributed by atoms with Gasteiger partial charge >= 0.3 is 0 Å². The summed E-state index contributed by atoms with van der Waals surface area (Å²) in [4.78, 5) is 28.6. The molecule has 2 heterocycles. The number of nitrogens with one attached hydrogen (secondary N) is 1. The lowest BCUT2D eigenvalue weighted by Gasteiger charge is -2.28. The van der Waals surface area contributed by atoms with Crippen LogP contribution in [0.1, 0.15) is 30.7 Å². The molecule has 0 aliphatic carbocycles. The maximum absolute atomic E-state index is 13.5. The molecule has 2 amide bonds. The number of halogens is 1. The van der Waals surface area contributed by atoms with Crippen LogP contribution in [0.25, 0.3) is 0 Å². The quantitative estimate of drug-likeness (QED) is 0.867. The zero-order valence-electron chi connectivity index (χ0n) is 14.4. The van der Waals surface area contributed by atoms with Gasteiger partial charge in [-0.25, -0.2) is 4.39 Å². The van der Waals surface area contributed by atoms with Gasteiger partial charge in [0.15, 0.2) is 0 Å². The molecule has 0 aromatic heterocycles. The summed E-state index contributed by atoms with van der Waals surface area (Å²) in [6.45, 7) is 5.09. The third kappa shape index (κ3) is 4.33. The van der Waals surface area contributed by atoms with Gasteiger partial charge in [-0.3, -0.25) is 9.59 Å².